The zero-order valence-corrected chi connectivity index (χ0v) is 14.9. The van der Waals surface area contributed by atoms with E-state index in [-0.39, 0.29) is 17.9 Å². The number of amides is 1. The van der Waals surface area contributed by atoms with E-state index in [4.69, 9.17) is 9.52 Å². The fraction of sp³-hybridized carbons (Fsp3) is 0.238. The molecular weight excluding hydrogens is 330 g/mol. The largest absolute Gasteiger partial charge is 0.478 e. The molecule has 1 N–H and O–H groups in total. The first-order chi connectivity index (χ1) is 12.5. The van der Waals surface area contributed by atoms with E-state index in [0.29, 0.717) is 12.3 Å². The minimum atomic E-state index is -1.03. The van der Waals surface area contributed by atoms with Crippen LogP contribution < -0.4 is 0 Å². The van der Waals surface area contributed by atoms with Crippen molar-refractivity contribution in [2.45, 2.75) is 26.4 Å². The lowest BCUT2D eigenvalue weighted by molar-refractivity contribution is -0.132. The van der Waals surface area contributed by atoms with Gasteiger partial charge in [0.15, 0.2) is 0 Å². The predicted octanol–water partition coefficient (Wildman–Crippen LogP) is 3.99. The van der Waals surface area contributed by atoms with Gasteiger partial charge in [0.05, 0.1) is 12.3 Å². The first-order valence-electron chi connectivity index (χ1n) is 8.44. The van der Waals surface area contributed by atoms with Crippen LogP contribution >= 0.6 is 0 Å². The molecule has 1 heterocycles. The predicted molar refractivity (Wildman–Crippen MR) is 100 cm³/mol. The number of hydrogen-bond acceptors (Lipinski definition) is 3. The van der Waals surface area contributed by atoms with Crippen molar-refractivity contribution in [2.24, 2.45) is 5.92 Å². The molecule has 1 amide bonds. The third-order valence-electron chi connectivity index (χ3n) is 3.89. The normalized spacial score (nSPS) is 12.7. The minimum Gasteiger partial charge on any atom is -0.478 e. The number of hydrogen-bond donors (Lipinski definition) is 1. The molecule has 1 aromatic carbocycles. The van der Waals surface area contributed by atoms with Crippen LogP contribution in [0.25, 0.3) is 6.08 Å². The van der Waals surface area contributed by atoms with Crippen molar-refractivity contribution in [1.29, 1.82) is 0 Å². The Morgan fingerprint density at radius 1 is 1.12 bits per heavy atom. The molecule has 0 spiro atoms. The lowest BCUT2D eigenvalue weighted by atomic mass is 10.0. The molecule has 0 saturated heterocycles. The molecule has 26 heavy (non-hydrogen) atoms. The van der Waals surface area contributed by atoms with E-state index in [1.54, 1.807) is 35.4 Å². The van der Waals surface area contributed by atoms with Gasteiger partial charge in [-0.05, 0) is 29.7 Å². The lowest BCUT2D eigenvalue weighted by Gasteiger charge is -2.32. The summed E-state index contributed by atoms with van der Waals surface area (Å²) in [6, 6.07) is 12.8. The van der Waals surface area contributed by atoms with Crippen LogP contribution in [0.5, 0.6) is 0 Å². The van der Waals surface area contributed by atoms with E-state index in [9.17, 15) is 9.59 Å². The summed E-state index contributed by atoms with van der Waals surface area (Å²) in [5.74, 6) is -0.608. The third kappa shape index (κ3) is 5.77. The molecule has 1 aromatic heterocycles. The second kappa shape index (κ2) is 9.42. The molecule has 5 heteroatoms. The second-order valence-electron chi connectivity index (χ2n) is 6.23. The van der Waals surface area contributed by atoms with Crippen molar-refractivity contribution in [3.63, 3.8) is 0 Å². The average molecular weight is 353 g/mol. The summed E-state index contributed by atoms with van der Waals surface area (Å²) < 4.78 is 5.22. The van der Waals surface area contributed by atoms with Crippen LogP contribution in [0.3, 0.4) is 0 Å². The van der Waals surface area contributed by atoms with E-state index < -0.39 is 5.97 Å². The van der Waals surface area contributed by atoms with Gasteiger partial charge in [-0.3, -0.25) is 4.79 Å². The van der Waals surface area contributed by atoms with Gasteiger partial charge in [-0.1, -0.05) is 50.3 Å². The summed E-state index contributed by atoms with van der Waals surface area (Å²) >= 11 is 0. The number of carbonyl (C=O) groups is 2. The zero-order chi connectivity index (χ0) is 18.9. The van der Waals surface area contributed by atoms with E-state index in [1.807, 2.05) is 44.2 Å². The van der Waals surface area contributed by atoms with Gasteiger partial charge in [-0.2, -0.15) is 0 Å². The Kier molecular flexibility index (Phi) is 6.97. The lowest BCUT2D eigenvalue weighted by Crippen LogP contribution is -2.41. The standard InChI is InChI=1S/C21H23NO4/c1-16(2)19(11-13-21(24)25)22(15-17-7-4-3-5-8-17)20(23)12-10-18-9-6-14-26-18/h3-14,16,19H,15H2,1-2H3,(H,24,25)/b12-10+,13-11+. The van der Waals surface area contributed by atoms with Gasteiger partial charge >= 0.3 is 5.97 Å². The van der Waals surface area contributed by atoms with Crippen LogP contribution in [0.15, 0.2) is 71.4 Å². The first-order valence-corrected chi connectivity index (χ1v) is 8.44. The van der Waals surface area contributed by atoms with Gasteiger partial charge in [-0.25, -0.2) is 4.79 Å². The summed E-state index contributed by atoms with van der Waals surface area (Å²) in [4.78, 5) is 25.5. The van der Waals surface area contributed by atoms with Crippen LogP contribution in [0, 0.1) is 5.92 Å². The maximum Gasteiger partial charge on any atom is 0.328 e. The Balaban J connectivity index is 2.29. The molecule has 136 valence electrons. The smallest absolute Gasteiger partial charge is 0.328 e. The minimum absolute atomic E-state index is 0.0512. The van der Waals surface area contributed by atoms with Crippen LogP contribution in [-0.4, -0.2) is 27.9 Å². The monoisotopic (exact) mass is 353 g/mol. The number of carboxylic acid groups (broad SMARTS) is 1. The van der Waals surface area contributed by atoms with Crippen LogP contribution in [0.1, 0.15) is 25.2 Å². The maximum atomic E-state index is 12.8. The Bertz CT molecular complexity index is 761. The summed E-state index contributed by atoms with van der Waals surface area (Å²) in [5.41, 5.74) is 0.974. The molecule has 2 aromatic rings. The molecule has 1 unspecified atom stereocenters. The summed E-state index contributed by atoms with van der Waals surface area (Å²) in [6.45, 7) is 4.30. The quantitative estimate of drug-likeness (QED) is 0.729. The first kappa shape index (κ1) is 19.2. The molecule has 0 aliphatic rings. The molecular formula is C21H23NO4. The molecule has 5 nitrogen and oxygen atoms in total. The fourth-order valence-corrected chi connectivity index (χ4v) is 2.61. The van der Waals surface area contributed by atoms with Crippen LogP contribution in [0.4, 0.5) is 0 Å². The summed E-state index contributed by atoms with van der Waals surface area (Å²) in [6.07, 6.45) is 7.25. The molecule has 2 rings (SSSR count). The number of aliphatic carboxylic acids is 1. The summed E-state index contributed by atoms with van der Waals surface area (Å²) in [7, 11) is 0. The van der Waals surface area contributed by atoms with Crippen molar-refractivity contribution < 1.29 is 19.1 Å². The van der Waals surface area contributed by atoms with Crippen molar-refractivity contribution in [3.8, 4) is 0 Å². The Hall–Kier alpha value is -3.08. The maximum absolute atomic E-state index is 12.8. The number of rotatable bonds is 8. The molecule has 0 fully saturated rings. The Morgan fingerprint density at radius 2 is 1.85 bits per heavy atom. The van der Waals surface area contributed by atoms with Gasteiger partial charge in [0.2, 0.25) is 5.91 Å². The molecule has 0 bridgehead atoms. The SMILES string of the molecule is CC(C)C(/C=C/C(=O)O)N(Cc1ccccc1)C(=O)/C=C/c1ccco1. The highest BCUT2D eigenvalue weighted by Crippen LogP contribution is 2.18. The van der Waals surface area contributed by atoms with E-state index in [1.165, 1.54) is 6.08 Å². The molecule has 0 aliphatic heterocycles. The van der Waals surface area contributed by atoms with Gasteiger partial charge in [0.25, 0.3) is 0 Å². The summed E-state index contributed by atoms with van der Waals surface area (Å²) in [5, 5.41) is 8.97. The van der Waals surface area contributed by atoms with Crippen molar-refractivity contribution in [3.05, 3.63) is 78.3 Å². The van der Waals surface area contributed by atoms with Crippen LogP contribution in [0.2, 0.25) is 0 Å². The van der Waals surface area contributed by atoms with E-state index in [2.05, 4.69) is 0 Å². The highest BCUT2D eigenvalue weighted by molar-refractivity contribution is 5.92. The molecule has 0 aliphatic carbocycles. The third-order valence-corrected chi connectivity index (χ3v) is 3.89. The number of nitrogens with zero attached hydrogens (tertiary/aromatic N) is 1. The second-order valence-corrected chi connectivity index (χ2v) is 6.23. The van der Waals surface area contributed by atoms with Gasteiger partial charge in [-0.15, -0.1) is 0 Å². The molecule has 0 radical (unpaired) electrons. The highest BCUT2D eigenvalue weighted by Gasteiger charge is 2.23. The number of benzene rings is 1. The van der Waals surface area contributed by atoms with Crippen LogP contribution in [-0.2, 0) is 16.1 Å². The highest BCUT2D eigenvalue weighted by atomic mass is 16.4. The number of furan rings is 1. The zero-order valence-electron chi connectivity index (χ0n) is 14.9. The fourth-order valence-electron chi connectivity index (χ4n) is 2.61. The number of carboxylic acids is 1. The van der Waals surface area contributed by atoms with Gasteiger partial charge < -0.3 is 14.4 Å². The van der Waals surface area contributed by atoms with Crippen molar-refractivity contribution >= 4 is 18.0 Å². The van der Waals surface area contributed by atoms with E-state index >= 15 is 0 Å². The topological polar surface area (TPSA) is 70.8 Å². The molecule has 0 saturated carbocycles. The van der Waals surface area contributed by atoms with E-state index in [0.717, 1.165) is 11.6 Å². The Labute approximate surface area is 153 Å². The average Bonchev–Trinajstić information content (AvgIpc) is 3.12. The van der Waals surface area contributed by atoms with Gasteiger partial charge in [0.1, 0.15) is 5.76 Å². The van der Waals surface area contributed by atoms with Crippen molar-refractivity contribution in [1.82, 2.24) is 4.90 Å². The van der Waals surface area contributed by atoms with Crippen molar-refractivity contribution in [2.75, 3.05) is 0 Å². The Morgan fingerprint density at radius 3 is 2.42 bits per heavy atom. The molecule has 1 atom stereocenters. The van der Waals surface area contributed by atoms with Gasteiger partial charge in [0, 0.05) is 18.7 Å². The number of carbonyl (C=O) groups excluding carboxylic acids is 1.